The Hall–Kier alpha value is -0.630. The first kappa shape index (κ1) is 14.4. The minimum Gasteiger partial charge on any atom is -0.389 e. The predicted molar refractivity (Wildman–Crippen MR) is 70.9 cm³/mol. The van der Waals surface area contributed by atoms with Crippen molar-refractivity contribution in [1.82, 2.24) is 0 Å². The average molecular weight is 238 g/mol. The molecule has 2 heteroatoms. The minimum atomic E-state index is -0.264. The molecule has 0 saturated carbocycles. The Kier molecular flexibility index (Phi) is 6.49. The van der Waals surface area contributed by atoms with Crippen LogP contribution in [0, 0.1) is 5.92 Å². The van der Waals surface area contributed by atoms with Gasteiger partial charge in [-0.1, -0.05) is 38.7 Å². The van der Waals surface area contributed by atoms with Crippen LogP contribution in [-0.2, 0) is 4.79 Å². The lowest BCUT2D eigenvalue weighted by molar-refractivity contribution is -0.120. The lowest BCUT2D eigenvalue weighted by Gasteiger charge is -2.23. The normalized spacial score (nSPS) is 22.1. The summed E-state index contributed by atoms with van der Waals surface area (Å²) in [5.41, 5.74) is 1.17. The summed E-state index contributed by atoms with van der Waals surface area (Å²) in [4.78, 5) is 11.2. The van der Waals surface area contributed by atoms with Crippen LogP contribution < -0.4 is 0 Å². The van der Waals surface area contributed by atoms with E-state index in [1.807, 2.05) is 0 Å². The third-order valence-electron chi connectivity index (χ3n) is 3.78. The lowest BCUT2D eigenvalue weighted by Crippen LogP contribution is -2.19. The molecule has 0 amide bonds. The van der Waals surface area contributed by atoms with Gasteiger partial charge in [0, 0.05) is 5.92 Å². The standard InChI is InChI=1S/C15H26O2/c1-3-4-5-6-7-15(17)14-10-8-13(9-11-14)12(2)16/h10,13,15,17H,3-9,11H2,1-2H3/t13-,15+/m1/s1. The highest BCUT2D eigenvalue weighted by molar-refractivity contribution is 5.78. The second kappa shape index (κ2) is 7.65. The molecular formula is C15H26O2. The fourth-order valence-electron chi connectivity index (χ4n) is 2.48. The number of Topliss-reactive ketones (excluding diaryl/α,β-unsaturated/α-hetero) is 1. The van der Waals surface area contributed by atoms with E-state index in [-0.39, 0.29) is 17.8 Å². The van der Waals surface area contributed by atoms with Crippen LogP contribution in [-0.4, -0.2) is 17.0 Å². The number of carbonyl (C=O) groups is 1. The van der Waals surface area contributed by atoms with Crippen molar-refractivity contribution in [2.24, 2.45) is 5.92 Å². The quantitative estimate of drug-likeness (QED) is 0.543. The van der Waals surface area contributed by atoms with E-state index in [9.17, 15) is 9.90 Å². The van der Waals surface area contributed by atoms with Gasteiger partial charge >= 0.3 is 0 Å². The first-order valence-corrected chi connectivity index (χ1v) is 7.02. The summed E-state index contributed by atoms with van der Waals surface area (Å²) in [6.07, 6.45) is 10.2. The zero-order valence-corrected chi connectivity index (χ0v) is 11.2. The van der Waals surface area contributed by atoms with Crippen LogP contribution >= 0.6 is 0 Å². The summed E-state index contributed by atoms with van der Waals surface area (Å²) in [5, 5.41) is 10.0. The number of ketones is 1. The molecule has 0 aromatic carbocycles. The Morgan fingerprint density at radius 3 is 2.76 bits per heavy atom. The molecule has 0 radical (unpaired) electrons. The molecule has 2 nitrogen and oxygen atoms in total. The number of hydrogen-bond acceptors (Lipinski definition) is 2. The Bertz CT molecular complexity index is 268. The van der Waals surface area contributed by atoms with Crippen molar-refractivity contribution < 1.29 is 9.90 Å². The summed E-state index contributed by atoms with van der Waals surface area (Å²) >= 11 is 0. The number of aliphatic hydroxyl groups is 1. The summed E-state index contributed by atoms with van der Waals surface area (Å²) < 4.78 is 0. The van der Waals surface area contributed by atoms with Gasteiger partial charge in [0.1, 0.15) is 5.78 Å². The highest BCUT2D eigenvalue weighted by atomic mass is 16.3. The van der Waals surface area contributed by atoms with E-state index in [2.05, 4.69) is 13.0 Å². The Morgan fingerprint density at radius 2 is 2.24 bits per heavy atom. The second-order valence-corrected chi connectivity index (χ2v) is 5.23. The fraction of sp³-hybridized carbons (Fsp3) is 0.800. The molecular weight excluding hydrogens is 212 g/mol. The summed E-state index contributed by atoms with van der Waals surface area (Å²) in [5.74, 6) is 0.490. The zero-order valence-electron chi connectivity index (χ0n) is 11.2. The molecule has 0 aromatic rings. The van der Waals surface area contributed by atoms with E-state index >= 15 is 0 Å². The molecule has 0 aliphatic heterocycles. The molecule has 0 aromatic heterocycles. The zero-order chi connectivity index (χ0) is 12.7. The maximum absolute atomic E-state index is 11.2. The highest BCUT2D eigenvalue weighted by Gasteiger charge is 2.21. The van der Waals surface area contributed by atoms with Gasteiger partial charge in [-0.25, -0.2) is 0 Å². The van der Waals surface area contributed by atoms with Crippen LogP contribution in [0.5, 0.6) is 0 Å². The van der Waals surface area contributed by atoms with Crippen LogP contribution in [0.3, 0.4) is 0 Å². The van der Waals surface area contributed by atoms with Crippen LogP contribution in [0.25, 0.3) is 0 Å². The van der Waals surface area contributed by atoms with E-state index in [0.717, 1.165) is 32.1 Å². The van der Waals surface area contributed by atoms with Gasteiger partial charge in [0.05, 0.1) is 6.10 Å². The number of unbranched alkanes of at least 4 members (excludes halogenated alkanes) is 3. The average Bonchev–Trinajstić information content (AvgIpc) is 2.34. The minimum absolute atomic E-state index is 0.200. The lowest BCUT2D eigenvalue weighted by atomic mass is 9.84. The number of carbonyl (C=O) groups excluding carboxylic acids is 1. The monoisotopic (exact) mass is 238 g/mol. The Balaban J connectivity index is 2.28. The van der Waals surface area contributed by atoms with Gasteiger partial charge in [-0.2, -0.15) is 0 Å². The number of allylic oxidation sites excluding steroid dienone is 1. The van der Waals surface area contributed by atoms with Crippen LogP contribution in [0.2, 0.25) is 0 Å². The number of rotatable bonds is 7. The SMILES string of the molecule is CCCCCC[C@H](O)C1=CC[C@@H](C(C)=O)CC1. The molecule has 1 aliphatic rings. The highest BCUT2D eigenvalue weighted by Crippen LogP contribution is 2.27. The topological polar surface area (TPSA) is 37.3 Å². The molecule has 0 fully saturated rings. The maximum atomic E-state index is 11.2. The van der Waals surface area contributed by atoms with E-state index in [1.165, 1.54) is 24.8 Å². The Morgan fingerprint density at radius 1 is 1.47 bits per heavy atom. The third-order valence-corrected chi connectivity index (χ3v) is 3.78. The molecule has 0 unspecified atom stereocenters. The van der Waals surface area contributed by atoms with Gasteiger partial charge in [0.2, 0.25) is 0 Å². The summed E-state index contributed by atoms with van der Waals surface area (Å²) in [6.45, 7) is 3.87. The predicted octanol–water partition coefficient (Wildman–Crippen LogP) is 3.63. The van der Waals surface area contributed by atoms with Gasteiger partial charge in [-0.05, 0) is 38.2 Å². The number of hydrogen-bond donors (Lipinski definition) is 1. The van der Waals surface area contributed by atoms with Gasteiger partial charge < -0.3 is 5.11 Å². The van der Waals surface area contributed by atoms with Crippen molar-refractivity contribution in [1.29, 1.82) is 0 Å². The van der Waals surface area contributed by atoms with Crippen molar-refractivity contribution in [3.8, 4) is 0 Å². The first-order chi connectivity index (χ1) is 8.15. The van der Waals surface area contributed by atoms with Crippen molar-refractivity contribution in [2.75, 3.05) is 0 Å². The van der Waals surface area contributed by atoms with E-state index < -0.39 is 0 Å². The second-order valence-electron chi connectivity index (χ2n) is 5.23. The molecule has 1 aliphatic carbocycles. The van der Waals surface area contributed by atoms with E-state index in [4.69, 9.17) is 0 Å². The van der Waals surface area contributed by atoms with Gasteiger partial charge in [0.25, 0.3) is 0 Å². The van der Waals surface area contributed by atoms with Gasteiger partial charge in [-0.15, -0.1) is 0 Å². The van der Waals surface area contributed by atoms with Gasteiger partial charge in [-0.3, -0.25) is 4.79 Å². The van der Waals surface area contributed by atoms with Crippen molar-refractivity contribution in [3.05, 3.63) is 11.6 Å². The molecule has 0 heterocycles. The number of aliphatic hydroxyl groups excluding tert-OH is 1. The molecule has 0 bridgehead atoms. The third kappa shape index (κ3) is 5.03. The van der Waals surface area contributed by atoms with Crippen LogP contribution in [0.4, 0.5) is 0 Å². The van der Waals surface area contributed by atoms with Gasteiger partial charge in [0.15, 0.2) is 0 Å². The molecule has 0 spiro atoms. The molecule has 17 heavy (non-hydrogen) atoms. The summed E-state index contributed by atoms with van der Waals surface area (Å²) in [6, 6.07) is 0. The largest absolute Gasteiger partial charge is 0.389 e. The molecule has 1 rings (SSSR count). The maximum Gasteiger partial charge on any atom is 0.133 e. The Labute approximate surface area is 105 Å². The molecule has 2 atom stereocenters. The van der Waals surface area contributed by atoms with E-state index in [0.29, 0.717) is 0 Å². The molecule has 1 N–H and O–H groups in total. The van der Waals surface area contributed by atoms with Crippen molar-refractivity contribution in [3.63, 3.8) is 0 Å². The van der Waals surface area contributed by atoms with Crippen LogP contribution in [0.1, 0.15) is 65.2 Å². The molecule has 0 saturated heterocycles. The van der Waals surface area contributed by atoms with Crippen molar-refractivity contribution >= 4 is 5.78 Å². The van der Waals surface area contributed by atoms with Crippen molar-refractivity contribution in [2.45, 2.75) is 71.3 Å². The molecule has 98 valence electrons. The fourth-order valence-corrected chi connectivity index (χ4v) is 2.48. The van der Waals surface area contributed by atoms with E-state index in [1.54, 1.807) is 6.92 Å². The smallest absolute Gasteiger partial charge is 0.133 e. The first-order valence-electron chi connectivity index (χ1n) is 7.02. The summed E-state index contributed by atoms with van der Waals surface area (Å²) in [7, 11) is 0. The van der Waals surface area contributed by atoms with Crippen LogP contribution in [0.15, 0.2) is 11.6 Å².